The summed E-state index contributed by atoms with van der Waals surface area (Å²) in [5, 5.41) is 9.93. The van der Waals surface area contributed by atoms with Crippen molar-refractivity contribution in [2.24, 2.45) is 0 Å². The minimum Gasteiger partial charge on any atom is -0.481 e. The second-order valence-electron chi connectivity index (χ2n) is 7.23. The Kier molecular flexibility index (Phi) is 4.62. The van der Waals surface area contributed by atoms with Gasteiger partial charge in [0.25, 0.3) is 0 Å². The van der Waals surface area contributed by atoms with Gasteiger partial charge in [0.15, 0.2) is 0 Å². The number of aliphatic carboxylic acids is 1. The summed E-state index contributed by atoms with van der Waals surface area (Å²) < 4.78 is 0. The highest BCUT2D eigenvalue weighted by molar-refractivity contribution is 5.84. The number of hydrogen-bond acceptors (Lipinski definition) is 3. The van der Waals surface area contributed by atoms with Crippen molar-refractivity contribution >= 4 is 11.7 Å². The summed E-state index contributed by atoms with van der Waals surface area (Å²) in [5.74, 6) is -0.650. The van der Waals surface area contributed by atoms with E-state index < -0.39 is 11.4 Å². The van der Waals surface area contributed by atoms with Crippen LogP contribution < -0.4 is 4.90 Å². The standard InChI is InChI=1S/C19H28N2O2/c1-15(2)20-11-13-21(14-12-20)17-8-4-3-7-16(17)19(18(22)23)9-5-6-10-19/h3-4,7-8,15H,5-6,9-14H2,1-2H3,(H,22,23). The summed E-state index contributed by atoms with van der Waals surface area (Å²) in [6.07, 6.45) is 3.57. The molecule has 1 heterocycles. The zero-order chi connectivity index (χ0) is 16.4. The number of carbonyl (C=O) groups is 1. The molecule has 0 spiro atoms. The normalized spacial score (nSPS) is 21.8. The van der Waals surface area contributed by atoms with Crippen molar-refractivity contribution in [1.29, 1.82) is 0 Å². The van der Waals surface area contributed by atoms with Gasteiger partial charge in [-0.1, -0.05) is 31.0 Å². The molecule has 1 aliphatic heterocycles. The number of para-hydroxylation sites is 1. The van der Waals surface area contributed by atoms with Crippen molar-refractivity contribution in [3.63, 3.8) is 0 Å². The lowest BCUT2D eigenvalue weighted by Crippen LogP contribution is -2.49. The van der Waals surface area contributed by atoms with Crippen LogP contribution in [0.4, 0.5) is 5.69 Å². The number of benzene rings is 1. The molecule has 0 atom stereocenters. The van der Waals surface area contributed by atoms with Gasteiger partial charge < -0.3 is 10.0 Å². The molecule has 1 N–H and O–H groups in total. The van der Waals surface area contributed by atoms with Crippen molar-refractivity contribution in [1.82, 2.24) is 4.90 Å². The molecule has 4 nitrogen and oxygen atoms in total. The molecule has 1 aromatic carbocycles. The molecule has 23 heavy (non-hydrogen) atoms. The zero-order valence-electron chi connectivity index (χ0n) is 14.3. The molecule has 1 saturated carbocycles. The van der Waals surface area contributed by atoms with E-state index >= 15 is 0 Å². The fraction of sp³-hybridized carbons (Fsp3) is 0.632. The van der Waals surface area contributed by atoms with Crippen LogP contribution in [0.25, 0.3) is 0 Å². The van der Waals surface area contributed by atoms with Crippen molar-refractivity contribution in [3.05, 3.63) is 29.8 Å². The minimum absolute atomic E-state index is 0.576. The van der Waals surface area contributed by atoms with Crippen molar-refractivity contribution in [3.8, 4) is 0 Å². The first-order chi connectivity index (χ1) is 11.0. The SMILES string of the molecule is CC(C)N1CCN(c2ccccc2C2(C(=O)O)CCCC2)CC1. The van der Waals surface area contributed by atoms with Crippen molar-refractivity contribution < 1.29 is 9.90 Å². The maximum absolute atomic E-state index is 12.1. The van der Waals surface area contributed by atoms with Crippen LogP contribution in [0.5, 0.6) is 0 Å². The first kappa shape index (κ1) is 16.3. The summed E-state index contributed by atoms with van der Waals surface area (Å²) in [7, 11) is 0. The molecule has 126 valence electrons. The number of carboxylic acids is 1. The Morgan fingerprint density at radius 2 is 1.70 bits per heavy atom. The van der Waals surface area contributed by atoms with E-state index in [-0.39, 0.29) is 0 Å². The Labute approximate surface area is 139 Å². The second-order valence-corrected chi connectivity index (χ2v) is 7.23. The average molecular weight is 316 g/mol. The van der Waals surface area contributed by atoms with E-state index in [1.807, 2.05) is 18.2 Å². The van der Waals surface area contributed by atoms with Gasteiger partial charge in [0.1, 0.15) is 0 Å². The fourth-order valence-electron chi connectivity index (χ4n) is 4.21. The number of rotatable bonds is 4. The molecule has 3 rings (SSSR count). The van der Waals surface area contributed by atoms with Gasteiger partial charge in [-0.05, 0) is 38.3 Å². The molecule has 2 aliphatic rings. The monoisotopic (exact) mass is 316 g/mol. The second kappa shape index (κ2) is 6.52. The van der Waals surface area contributed by atoms with Gasteiger partial charge in [-0.2, -0.15) is 0 Å². The van der Waals surface area contributed by atoms with E-state index in [9.17, 15) is 9.90 Å². The maximum atomic E-state index is 12.1. The van der Waals surface area contributed by atoms with Gasteiger partial charge in [0.2, 0.25) is 0 Å². The first-order valence-electron chi connectivity index (χ1n) is 8.86. The van der Waals surface area contributed by atoms with Crippen LogP contribution in [0.3, 0.4) is 0 Å². The molecular weight excluding hydrogens is 288 g/mol. The Bertz CT molecular complexity index is 556. The average Bonchev–Trinajstić information content (AvgIpc) is 3.06. The van der Waals surface area contributed by atoms with Crippen LogP contribution in [0.15, 0.2) is 24.3 Å². The molecular formula is C19H28N2O2. The lowest BCUT2D eigenvalue weighted by atomic mass is 9.77. The molecule has 0 amide bonds. The predicted molar refractivity (Wildman–Crippen MR) is 93.1 cm³/mol. The van der Waals surface area contributed by atoms with Crippen LogP contribution in [0.1, 0.15) is 45.1 Å². The lowest BCUT2D eigenvalue weighted by Gasteiger charge is -2.40. The van der Waals surface area contributed by atoms with E-state index in [1.54, 1.807) is 0 Å². The molecule has 2 fully saturated rings. The molecule has 0 unspecified atom stereocenters. The third-order valence-corrected chi connectivity index (χ3v) is 5.67. The fourth-order valence-corrected chi connectivity index (χ4v) is 4.21. The molecule has 0 radical (unpaired) electrons. The number of nitrogens with zero attached hydrogens (tertiary/aromatic N) is 2. The number of anilines is 1. The van der Waals surface area contributed by atoms with Gasteiger partial charge in [-0.25, -0.2) is 0 Å². The van der Waals surface area contributed by atoms with Crippen LogP contribution in [0, 0.1) is 0 Å². The Morgan fingerprint density at radius 1 is 1.09 bits per heavy atom. The van der Waals surface area contributed by atoms with E-state index in [2.05, 4.69) is 29.7 Å². The Hall–Kier alpha value is -1.55. The summed E-state index contributed by atoms with van der Waals surface area (Å²) in [5.41, 5.74) is 1.49. The van der Waals surface area contributed by atoms with Crippen LogP contribution in [-0.4, -0.2) is 48.2 Å². The van der Waals surface area contributed by atoms with E-state index in [4.69, 9.17) is 0 Å². The molecule has 4 heteroatoms. The Balaban J connectivity index is 1.89. The van der Waals surface area contributed by atoms with Gasteiger partial charge in [-0.15, -0.1) is 0 Å². The molecule has 1 aromatic rings. The highest BCUT2D eigenvalue weighted by atomic mass is 16.4. The first-order valence-corrected chi connectivity index (χ1v) is 8.86. The van der Waals surface area contributed by atoms with Crippen LogP contribution in [-0.2, 0) is 10.2 Å². The zero-order valence-corrected chi connectivity index (χ0v) is 14.3. The van der Waals surface area contributed by atoms with Gasteiger partial charge in [0, 0.05) is 37.9 Å². The minimum atomic E-state index is -0.675. The third-order valence-electron chi connectivity index (χ3n) is 5.67. The smallest absolute Gasteiger partial charge is 0.314 e. The van der Waals surface area contributed by atoms with E-state index in [0.717, 1.165) is 63.1 Å². The molecule has 0 bridgehead atoms. The van der Waals surface area contributed by atoms with E-state index in [0.29, 0.717) is 6.04 Å². The van der Waals surface area contributed by atoms with Crippen molar-refractivity contribution in [2.75, 3.05) is 31.1 Å². The quantitative estimate of drug-likeness (QED) is 0.927. The van der Waals surface area contributed by atoms with Gasteiger partial charge in [-0.3, -0.25) is 9.69 Å². The third kappa shape index (κ3) is 2.97. The number of piperazine rings is 1. The predicted octanol–water partition coefficient (Wildman–Crippen LogP) is 3.11. The number of carboxylic acid groups (broad SMARTS) is 1. The van der Waals surface area contributed by atoms with Gasteiger partial charge >= 0.3 is 5.97 Å². The highest BCUT2D eigenvalue weighted by Crippen LogP contribution is 2.45. The molecule has 1 aliphatic carbocycles. The Morgan fingerprint density at radius 3 is 2.26 bits per heavy atom. The summed E-state index contributed by atoms with van der Waals surface area (Å²) in [6.45, 7) is 8.52. The largest absolute Gasteiger partial charge is 0.481 e. The topological polar surface area (TPSA) is 43.8 Å². The highest BCUT2D eigenvalue weighted by Gasteiger charge is 2.44. The van der Waals surface area contributed by atoms with Crippen LogP contribution in [0.2, 0.25) is 0 Å². The molecule has 1 saturated heterocycles. The molecule has 0 aromatic heterocycles. The summed E-state index contributed by atoms with van der Waals surface area (Å²) in [6, 6.07) is 8.77. The van der Waals surface area contributed by atoms with E-state index in [1.165, 1.54) is 0 Å². The lowest BCUT2D eigenvalue weighted by molar-refractivity contribution is -0.143. The van der Waals surface area contributed by atoms with Crippen LogP contribution >= 0.6 is 0 Å². The van der Waals surface area contributed by atoms with Gasteiger partial charge in [0.05, 0.1) is 5.41 Å². The van der Waals surface area contributed by atoms with Crippen molar-refractivity contribution in [2.45, 2.75) is 51.0 Å². The summed E-state index contributed by atoms with van der Waals surface area (Å²) >= 11 is 0. The maximum Gasteiger partial charge on any atom is 0.314 e. The number of hydrogen-bond donors (Lipinski definition) is 1. The summed E-state index contributed by atoms with van der Waals surface area (Å²) in [4.78, 5) is 16.9.